The predicted octanol–water partition coefficient (Wildman–Crippen LogP) is 2.46. The lowest BCUT2D eigenvalue weighted by Crippen LogP contribution is -2.73. The van der Waals surface area contributed by atoms with Gasteiger partial charge in [0.1, 0.15) is 0 Å². The molecule has 4 atom stereocenters. The molecule has 0 saturated carbocycles. The van der Waals surface area contributed by atoms with Gasteiger partial charge >= 0.3 is 0 Å². The molecule has 0 spiro atoms. The summed E-state index contributed by atoms with van der Waals surface area (Å²) in [5.41, 5.74) is -2.88. The van der Waals surface area contributed by atoms with Gasteiger partial charge in [-0.05, 0) is 12.5 Å². The zero-order valence-corrected chi connectivity index (χ0v) is 12.7. The van der Waals surface area contributed by atoms with Crippen LogP contribution < -0.4 is 0 Å². The van der Waals surface area contributed by atoms with E-state index in [4.69, 9.17) is 14.9 Å². The van der Waals surface area contributed by atoms with Crippen molar-refractivity contribution in [3.63, 3.8) is 0 Å². The molecule has 3 aliphatic rings. The first kappa shape index (κ1) is 15.0. The molecule has 6 nitrogen and oxygen atoms in total. The second-order valence-electron chi connectivity index (χ2n) is 6.00. The van der Waals surface area contributed by atoms with Gasteiger partial charge in [-0.2, -0.15) is 15.8 Å². The number of hydrogen-bond donors (Lipinski definition) is 1. The van der Waals surface area contributed by atoms with Gasteiger partial charge in [0.2, 0.25) is 11.7 Å². The Bertz CT molecular complexity index is 787. The van der Waals surface area contributed by atoms with Gasteiger partial charge in [0.05, 0.1) is 30.2 Å². The molecule has 0 amide bonds. The molecule has 3 saturated heterocycles. The van der Waals surface area contributed by atoms with Crippen molar-refractivity contribution in [3.8, 4) is 18.2 Å². The average molecular weight is 306 g/mol. The fraction of sp³-hybridized carbons (Fsp3) is 0.412. The Morgan fingerprint density at radius 2 is 1.70 bits per heavy atom. The Kier molecular flexibility index (Phi) is 2.98. The van der Waals surface area contributed by atoms with Crippen LogP contribution in [0.1, 0.15) is 25.3 Å². The van der Waals surface area contributed by atoms with Gasteiger partial charge in [0.15, 0.2) is 10.8 Å². The summed E-state index contributed by atoms with van der Waals surface area (Å²) in [6, 6.07) is 15.0. The highest BCUT2D eigenvalue weighted by molar-refractivity contribution is 5.89. The topological polar surface area (TPSA) is 114 Å². The summed E-state index contributed by atoms with van der Waals surface area (Å²) < 4.78 is 11.5. The number of hydrogen-bond acceptors (Lipinski definition) is 6. The Hall–Kier alpha value is -2.88. The molecule has 3 fully saturated rings. The molecule has 2 bridgehead atoms. The second-order valence-corrected chi connectivity index (χ2v) is 6.00. The summed E-state index contributed by atoms with van der Waals surface area (Å²) >= 11 is 0. The standard InChI is InChI=1S/C17H14N4O2/c1-11-17(10-20)14(21)23-15(2,22-11)13(16(17,8-18)9-19)12-6-4-3-5-7-12/h3-7,11,13,21H,1-2H3/t11-,13-,15+,17+/m0/s1. The van der Waals surface area contributed by atoms with Crippen LogP contribution in [0.25, 0.3) is 0 Å². The molecule has 23 heavy (non-hydrogen) atoms. The van der Waals surface area contributed by atoms with Gasteiger partial charge in [0.25, 0.3) is 0 Å². The third kappa shape index (κ3) is 1.50. The highest BCUT2D eigenvalue weighted by Crippen LogP contribution is 2.65. The minimum Gasteiger partial charge on any atom is -0.447 e. The first-order valence-electron chi connectivity index (χ1n) is 7.16. The van der Waals surface area contributed by atoms with E-state index in [0.717, 1.165) is 0 Å². The van der Waals surface area contributed by atoms with Gasteiger partial charge in [-0.1, -0.05) is 30.3 Å². The van der Waals surface area contributed by atoms with Crippen LogP contribution in [0, 0.1) is 50.2 Å². The van der Waals surface area contributed by atoms with E-state index in [1.54, 1.807) is 38.1 Å². The summed E-state index contributed by atoms with van der Waals surface area (Å²) in [6.07, 6.45) is -0.807. The van der Waals surface area contributed by atoms with Crippen LogP contribution in [0.4, 0.5) is 0 Å². The SMILES string of the molecule is C[C@@H]1O[C@]2(C)OC(=N)[C@]1(C#N)C(C#N)(C#N)[C@H]2c1ccccc1. The fourth-order valence-corrected chi connectivity index (χ4v) is 3.94. The van der Waals surface area contributed by atoms with Crippen molar-refractivity contribution in [1.29, 1.82) is 21.2 Å². The van der Waals surface area contributed by atoms with E-state index in [1.807, 2.05) is 24.3 Å². The Labute approximate surface area is 134 Å². The van der Waals surface area contributed by atoms with Gasteiger partial charge in [-0.3, -0.25) is 5.41 Å². The molecule has 1 aromatic rings. The second kappa shape index (κ2) is 4.56. The van der Waals surface area contributed by atoms with Crippen molar-refractivity contribution in [2.45, 2.75) is 31.7 Å². The monoisotopic (exact) mass is 306 g/mol. The van der Waals surface area contributed by atoms with E-state index in [9.17, 15) is 15.8 Å². The van der Waals surface area contributed by atoms with E-state index in [-0.39, 0.29) is 5.90 Å². The van der Waals surface area contributed by atoms with Gasteiger partial charge in [-0.25, -0.2) is 0 Å². The minimum atomic E-state index is -1.77. The Morgan fingerprint density at radius 1 is 1.09 bits per heavy atom. The van der Waals surface area contributed by atoms with E-state index in [0.29, 0.717) is 5.56 Å². The molecule has 0 aromatic heterocycles. The van der Waals surface area contributed by atoms with Crippen molar-refractivity contribution < 1.29 is 9.47 Å². The quantitative estimate of drug-likeness (QED) is 0.856. The van der Waals surface area contributed by atoms with Crippen molar-refractivity contribution in [1.82, 2.24) is 0 Å². The van der Waals surface area contributed by atoms with E-state index in [1.165, 1.54) is 0 Å². The summed E-state index contributed by atoms with van der Waals surface area (Å²) in [5, 5.41) is 37.8. The number of nitrogens with one attached hydrogen (secondary N) is 1. The van der Waals surface area contributed by atoms with Crippen molar-refractivity contribution in [3.05, 3.63) is 35.9 Å². The number of benzene rings is 1. The van der Waals surface area contributed by atoms with Crippen molar-refractivity contribution >= 4 is 5.90 Å². The molecular formula is C17H14N4O2. The first-order valence-corrected chi connectivity index (χ1v) is 7.16. The lowest BCUT2D eigenvalue weighted by Gasteiger charge is -2.60. The summed E-state index contributed by atoms with van der Waals surface area (Å²) in [6.45, 7) is 3.21. The number of nitrogens with zero attached hydrogens (tertiary/aromatic N) is 3. The largest absolute Gasteiger partial charge is 0.447 e. The summed E-state index contributed by atoms with van der Waals surface area (Å²) in [4.78, 5) is 0. The van der Waals surface area contributed by atoms with Crippen molar-refractivity contribution in [2.24, 2.45) is 10.8 Å². The molecule has 3 aliphatic heterocycles. The molecule has 0 radical (unpaired) electrons. The number of nitriles is 3. The van der Waals surface area contributed by atoms with Gasteiger partial charge in [0, 0.05) is 6.92 Å². The molecule has 0 unspecified atom stereocenters. The summed E-state index contributed by atoms with van der Waals surface area (Å²) in [5.74, 6) is -2.55. The maximum absolute atomic E-state index is 9.91. The van der Waals surface area contributed by atoms with Crippen LogP contribution in [0.15, 0.2) is 30.3 Å². The van der Waals surface area contributed by atoms with Gasteiger partial charge in [-0.15, -0.1) is 0 Å². The third-order valence-electron chi connectivity index (χ3n) is 4.92. The molecule has 4 rings (SSSR count). The smallest absolute Gasteiger partial charge is 0.219 e. The van der Waals surface area contributed by atoms with E-state index >= 15 is 0 Å². The minimum absolute atomic E-state index is 0.378. The lowest BCUT2D eigenvalue weighted by molar-refractivity contribution is -0.315. The number of rotatable bonds is 1. The maximum Gasteiger partial charge on any atom is 0.219 e. The van der Waals surface area contributed by atoms with E-state index in [2.05, 4.69) is 0 Å². The Balaban J connectivity index is 2.38. The molecule has 6 heteroatoms. The Morgan fingerprint density at radius 3 is 2.17 bits per heavy atom. The lowest BCUT2D eigenvalue weighted by atomic mass is 9.50. The van der Waals surface area contributed by atoms with Crippen molar-refractivity contribution in [2.75, 3.05) is 0 Å². The number of fused-ring (bicyclic) bond motifs is 3. The third-order valence-corrected chi connectivity index (χ3v) is 4.92. The van der Waals surface area contributed by atoms with Crippen LogP contribution in [-0.4, -0.2) is 17.8 Å². The maximum atomic E-state index is 9.91. The summed E-state index contributed by atoms with van der Waals surface area (Å²) in [7, 11) is 0. The highest BCUT2D eigenvalue weighted by Gasteiger charge is 2.78. The van der Waals surface area contributed by atoms with Crippen LogP contribution in [0.2, 0.25) is 0 Å². The van der Waals surface area contributed by atoms with Crippen LogP contribution >= 0.6 is 0 Å². The fourth-order valence-electron chi connectivity index (χ4n) is 3.94. The molecule has 0 aliphatic carbocycles. The molecule has 114 valence electrons. The van der Waals surface area contributed by atoms with E-state index < -0.39 is 28.6 Å². The van der Waals surface area contributed by atoms with Gasteiger partial charge < -0.3 is 9.47 Å². The first-order chi connectivity index (χ1) is 10.9. The van der Waals surface area contributed by atoms with Crippen LogP contribution in [0.3, 0.4) is 0 Å². The predicted molar refractivity (Wildman–Crippen MR) is 78.7 cm³/mol. The average Bonchev–Trinajstić information content (AvgIpc) is 2.54. The number of ether oxygens (including phenoxy) is 2. The van der Waals surface area contributed by atoms with Crippen LogP contribution in [-0.2, 0) is 9.47 Å². The highest BCUT2D eigenvalue weighted by atomic mass is 16.7. The normalized spacial score (nSPS) is 37.1. The van der Waals surface area contributed by atoms with Crippen LogP contribution in [0.5, 0.6) is 0 Å². The molecule has 1 aromatic carbocycles. The molecule has 3 heterocycles. The molecule has 1 N–H and O–H groups in total. The zero-order chi connectivity index (χ0) is 16.9. The molecular weight excluding hydrogens is 292 g/mol. The zero-order valence-electron chi connectivity index (χ0n) is 12.7.